The first-order chi connectivity index (χ1) is 13.4. The minimum atomic E-state index is -0.955. The van der Waals surface area contributed by atoms with Crippen LogP contribution in [0.1, 0.15) is 46.0 Å². The Hall–Kier alpha value is -1.83. The first-order valence-corrected chi connectivity index (χ1v) is 9.20. The predicted molar refractivity (Wildman–Crippen MR) is 111 cm³/mol. The van der Waals surface area contributed by atoms with Gasteiger partial charge in [-0.1, -0.05) is 13.8 Å². The molecule has 0 aromatic heterocycles. The molecule has 14 N–H and O–H groups in total. The maximum absolute atomic E-state index is 10.1. The van der Waals surface area contributed by atoms with E-state index in [2.05, 4.69) is 0 Å². The van der Waals surface area contributed by atoms with Gasteiger partial charge in [0.1, 0.15) is 18.1 Å². The molecule has 0 aromatic rings. The molecule has 0 heterocycles. The maximum Gasteiger partial charge on any atom is 0.320 e. The number of nitrogens with two attached hydrogens (primary N) is 5. The van der Waals surface area contributed by atoms with Crippen LogP contribution in [0.4, 0.5) is 0 Å². The highest BCUT2D eigenvalue weighted by Crippen LogP contribution is 2.01. The summed E-state index contributed by atoms with van der Waals surface area (Å²) in [5, 5.41) is 31.8. The van der Waals surface area contributed by atoms with Crippen molar-refractivity contribution in [2.45, 2.75) is 64.1 Å². The van der Waals surface area contributed by atoms with E-state index in [-0.39, 0.29) is 0 Å². The van der Waals surface area contributed by atoms with Gasteiger partial charge in [0.2, 0.25) is 0 Å². The second-order valence-corrected chi connectivity index (χ2v) is 6.33. The molecule has 0 aliphatic carbocycles. The minimum Gasteiger partial charge on any atom is -0.480 e. The standard InChI is InChI=1S/C6H13NO2.2C5H12N2O2.CH4O/c1-4(2)3-5(7)6(8)9;2*6-3-1-2-4(7)5(8)9;1-2/h4-5H,3,7H2,1-2H3,(H,8,9);2*4H,1-3,6-7H2,(H,8,9);2H,1H3/t5-;2*4-;/m000./s1. The molecule has 12 nitrogen and oxygen atoms in total. The normalized spacial score (nSPS) is 12.6. The van der Waals surface area contributed by atoms with E-state index in [1.165, 1.54) is 0 Å². The SMILES string of the molecule is CC(C)C[C@H](N)C(=O)O.CO.NCCC[C@H](N)C(=O)O.NCCC[C@H](N)C(=O)O. The van der Waals surface area contributed by atoms with Gasteiger partial charge < -0.3 is 49.1 Å². The van der Waals surface area contributed by atoms with E-state index in [1.54, 1.807) is 0 Å². The number of hydrogen-bond donors (Lipinski definition) is 9. The van der Waals surface area contributed by atoms with Crippen molar-refractivity contribution >= 4 is 17.9 Å². The van der Waals surface area contributed by atoms with E-state index in [0.717, 1.165) is 7.11 Å². The molecule has 0 saturated carbocycles. The van der Waals surface area contributed by atoms with Crippen molar-refractivity contribution in [1.29, 1.82) is 0 Å². The zero-order valence-electron chi connectivity index (χ0n) is 17.7. The average molecular weight is 428 g/mol. The highest BCUT2D eigenvalue weighted by molar-refractivity contribution is 5.73. The zero-order valence-corrected chi connectivity index (χ0v) is 17.7. The van der Waals surface area contributed by atoms with Crippen LogP contribution in [0.15, 0.2) is 0 Å². The highest BCUT2D eigenvalue weighted by atomic mass is 16.4. The second-order valence-electron chi connectivity index (χ2n) is 6.33. The topological polar surface area (TPSA) is 262 Å². The molecule has 0 bridgehead atoms. The van der Waals surface area contributed by atoms with Crippen LogP contribution in [0.2, 0.25) is 0 Å². The Morgan fingerprint density at radius 2 is 0.966 bits per heavy atom. The molecule has 176 valence electrons. The molecule has 0 amide bonds. The summed E-state index contributed by atoms with van der Waals surface area (Å²) in [6.45, 7) is 4.90. The van der Waals surface area contributed by atoms with E-state index in [4.69, 9.17) is 49.1 Å². The van der Waals surface area contributed by atoms with Gasteiger partial charge in [-0.15, -0.1) is 0 Å². The molecule has 0 radical (unpaired) electrons. The molecule has 3 atom stereocenters. The predicted octanol–water partition coefficient (Wildman–Crippen LogP) is -1.67. The van der Waals surface area contributed by atoms with Gasteiger partial charge in [-0.3, -0.25) is 14.4 Å². The molecule has 0 unspecified atom stereocenters. The lowest BCUT2D eigenvalue weighted by Crippen LogP contribution is -2.31. The molecule has 0 aliphatic rings. The summed E-state index contributed by atoms with van der Waals surface area (Å²) in [4.78, 5) is 30.2. The minimum absolute atomic E-state index is 0.357. The Kier molecular flexibility index (Phi) is 28.9. The first-order valence-electron chi connectivity index (χ1n) is 9.20. The Balaban J connectivity index is -0.000000155. The second kappa shape index (κ2) is 24.2. The van der Waals surface area contributed by atoms with Crippen molar-refractivity contribution in [3.8, 4) is 0 Å². The van der Waals surface area contributed by atoms with E-state index in [9.17, 15) is 14.4 Å². The third kappa shape index (κ3) is 31.1. The maximum atomic E-state index is 10.1. The van der Waals surface area contributed by atoms with E-state index < -0.39 is 36.0 Å². The fourth-order valence-electron chi connectivity index (χ4n) is 1.53. The van der Waals surface area contributed by atoms with Gasteiger partial charge >= 0.3 is 17.9 Å². The van der Waals surface area contributed by atoms with Crippen LogP contribution in [-0.4, -0.2) is 76.7 Å². The van der Waals surface area contributed by atoms with Crippen LogP contribution in [-0.2, 0) is 14.4 Å². The van der Waals surface area contributed by atoms with E-state index in [0.29, 0.717) is 51.1 Å². The van der Waals surface area contributed by atoms with Crippen LogP contribution in [0.25, 0.3) is 0 Å². The van der Waals surface area contributed by atoms with Gasteiger partial charge in [0.25, 0.3) is 0 Å². The molecule has 0 spiro atoms. The van der Waals surface area contributed by atoms with Gasteiger partial charge in [-0.05, 0) is 51.1 Å². The first kappa shape index (κ1) is 34.7. The lowest BCUT2D eigenvalue weighted by Gasteiger charge is -2.07. The molecule has 0 fully saturated rings. The van der Waals surface area contributed by atoms with Crippen LogP contribution < -0.4 is 28.7 Å². The third-order valence-electron chi connectivity index (χ3n) is 3.12. The van der Waals surface area contributed by atoms with Gasteiger partial charge in [-0.25, -0.2) is 0 Å². The summed E-state index contributed by atoms with van der Waals surface area (Å²) in [5.74, 6) is -2.47. The van der Waals surface area contributed by atoms with Gasteiger partial charge in [0.15, 0.2) is 0 Å². The van der Waals surface area contributed by atoms with Crippen LogP contribution in [0.3, 0.4) is 0 Å². The molecule has 29 heavy (non-hydrogen) atoms. The van der Waals surface area contributed by atoms with Crippen molar-refractivity contribution in [2.75, 3.05) is 20.2 Å². The van der Waals surface area contributed by atoms with Crippen molar-refractivity contribution in [3.05, 3.63) is 0 Å². The summed E-state index contributed by atoms with van der Waals surface area (Å²) < 4.78 is 0. The average Bonchev–Trinajstić information content (AvgIpc) is 2.65. The Morgan fingerprint density at radius 1 is 0.690 bits per heavy atom. The number of aliphatic hydroxyl groups is 1. The van der Waals surface area contributed by atoms with Crippen molar-refractivity contribution < 1.29 is 34.8 Å². The summed E-state index contributed by atoms with van der Waals surface area (Å²) >= 11 is 0. The number of aliphatic carboxylic acids is 3. The lowest BCUT2D eigenvalue weighted by molar-refractivity contribution is -0.139. The molecule has 12 heteroatoms. The molecule has 0 rings (SSSR count). The number of carbonyl (C=O) groups is 3. The number of aliphatic hydroxyl groups excluding tert-OH is 1. The van der Waals surface area contributed by atoms with Crippen LogP contribution in [0, 0.1) is 5.92 Å². The van der Waals surface area contributed by atoms with Crippen molar-refractivity contribution in [2.24, 2.45) is 34.6 Å². The lowest BCUT2D eigenvalue weighted by atomic mass is 10.1. The highest BCUT2D eigenvalue weighted by Gasteiger charge is 2.12. The molecule has 0 saturated heterocycles. The number of hydrogen-bond acceptors (Lipinski definition) is 9. The van der Waals surface area contributed by atoms with Crippen molar-refractivity contribution in [1.82, 2.24) is 0 Å². The fraction of sp³-hybridized carbons (Fsp3) is 0.824. The van der Waals surface area contributed by atoms with Gasteiger partial charge in [0, 0.05) is 7.11 Å². The number of rotatable bonds is 11. The molecule has 0 aliphatic heterocycles. The number of carboxylic acid groups (broad SMARTS) is 3. The molecular weight excluding hydrogens is 386 g/mol. The Bertz CT molecular complexity index is 388. The summed E-state index contributed by atoms with van der Waals surface area (Å²) in [5.41, 5.74) is 25.8. The molecular formula is C17H41N5O7. The number of carboxylic acids is 3. The third-order valence-corrected chi connectivity index (χ3v) is 3.12. The zero-order chi connectivity index (χ0) is 24.0. The summed E-state index contributed by atoms with van der Waals surface area (Å²) in [6.07, 6.45) is 2.83. The smallest absolute Gasteiger partial charge is 0.320 e. The van der Waals surface area contributed by atoms with Crippen molar-refractivity contribution in [3.63, 3.8) is 0 Å². The van der Waals surface area contributed by atoms with Crippen LogP contribution >= 0.6 is 0 Å². The monoisotopic (exact) mass is 427 g/mol. The van der Waals surface area contributed by atoms with Gasteiger partial charge in [0.05, 0.1) is 0 Å². The van der Waals surface area contributed by atoms with Gasteiger partial charge in [-0.2, -0.15) is 0 Å². The molecule has 0 aromatic carbocycles. The fourth-order valence-corrected chi connectivity index (χ4v) is 1.53. The quantitative estimate of drug-likeness (QED) is 0.179. The van der Waals surface area contributed by atoms with E-state index in [1.807, 2.05) is 13.8 Å². The Labute approximate surface area is 172 Å². The Morgan fingerprint density at radius 3 is 1.10 bits per heavy atom. The largest absolute Gasteiger partial charge is 0.480 e. The summed E-state index contributed by atoms with van der Waals surface area (Å²) in [6, 6.07) is -2.17. The van der Waals surface area contributed by atoms with Crippen LogP contribution in [0.5, 0.6) is 0 Å². The summed E-state index contributed by atoms with van der Waals surface area (Å²) in [7, 11) is 1.00. The van der Waals surface area contributed by atoms with E-state index >= 15 is 0 Å².